The summed E-state index contributed by atoms with van der Waals surface area (Å²) in [6.45, 7) is 5.43. The summed E-state index contributed by atoms with van der Waals surface area (Å²) in [6, 6.07) is 0. The van der Waals surface area contributed by atoms with Gasteiger partial charge in [-0.05, 0) is 83.0 Å². The summed E-state index contributed by atoms with van der Waals surface area (Å²) >= 11 is 0. The molecule has 2 saturated heterocycles. The van der Waals surface area contributed by atoms with Gasteiger partial charge in [0.2, 0.25) is 0 Å². The molecule has 110 valence electrons. The van der Waals surface area contributed by atoms with Crippen LogP contribution in [0.5, 0.6) is 0 Å². The predicted octanol–water partition coefficient (Wildman–Crippen LogP) is 3.09. The van der Waals surface area contributed by atoms with Crippen LogP contribution in [0.25, 0.3) is 0 Å². The minimum absolute atomic E-state index is 1.04. The van der Waals surface area contributed by atoms with Gasteiger partial charge in [-0.15, -0.1) is 0 Å². The minimum Gasteiger partial charge on any atom is -0.306 e. The highest BCUT2D eigenvalue weighted by atomic mass is 15.2. The molecule has 2 heterocycles. The van der Waals surface area contributed by atoms with Gasteiger partial charge in [-0.3, -0.25) is 0 Å². The van der Waals surface area contributed by atoms with Crippen molar-refractivity contribution in [1.82, 2.24) is 9.80 Å². The quantitative estimate of drug-likeness (QED) is 0.773. The Hall–Kier alpha value is -0.0800. The third kappa shape index (κ3) is 3.52. The second-order valence-corrected chi connectivity index (χ2v) is 7.74. The molecule has 0 N–H and O–H groups in total. The molecule has 1 aliphatic carbocycles. The smallest absolute Gasteiger partial charge is 0.00191 e. The highest BCUT2D eigenvalue weighted by molar-refractivity contribution is 4.84. The van der Waals surface area contributed by atoms with Gasteiger partial charge in [-0.1, -0.05) is 12.8 Å². The van der Waals surface area contributed by atoms with Crippen LogP contribution in [-0.2, 0) is 0 Å². The van der Waals surface area contributed by atoms with E-state index in [1.54, 1.807) is 12.8 Å². The van der Waals surface area contributed by atoms with Gasteiger partial charge in [0.25, 0.3) is 0 Å². The summed E-state index contributed by atoms with van der Waals surface area (Å²) in [6.07, 6.45) is 10.6. The van der Waals surface area contributed by atoms with Crippen LogP contribution in [-0.4, -0.2) is 50.1 Å². The molecule has 0 bridgehead atoms. The van der Waals surface area contributed by atoms with Crippen LogP contribution in [0.2, 0.25) is 0 Å². The van der Waals surface area contributed by atoms with Gasteiger partial charge in [-0.25, -0.2) is 0 Å². The number of nitrogens with zero attached hydrogens (tertiary/aromatic N) is 2. The van der Waals surface area contributed by atoms with Gasteiger partial charge in [-0.2, -0.15) is 0 Å². The van der Waals surface area contributed by atoms with Crippen molar-refractivity contribution in [2.75, 3.05) is 40.3 Å². The molecule has 0 aromatic rings. The van der Waals surface area contributed by atoms with E-state index >= 15 is 0 Å². The molecule has 1 saturated carbocycles. The average Bonchev–Trinajstić information content (AvgIpc) is 2.39. The van der Waals surface area contributed by atoms with Crippen molar-refractivity contribution in [3.8, 4) is 0 Å². The second-order valence-electron chi connectivity index (χ2n) is 7.74. The van der Waals surface area contributed by atoms with Crippen molar-refractivity contribution >= 4 is 0 Å². The summed E-state index contributed by atoms with van der Waals surface area (Å²) in [5.74, 6) is 4.25. The molecule has 0 radical (unpaired) electrons. The first-order chi connectivity index (χ1) is 9.20. The van der Waals surface area contributed by atoms with Crippen LogP contribution in [0, 0.1) is 23.7 Å². The summed E-state index contributed by atoms with van der Waals surface area (Å²) < 4.78 is 0. The van der Waals surface area contributed by atoms with E-state index in [-0.39, 0.29) is 0 Å². The standard InChI is InChI=1S/C17H32N2/c1-18-9-7-17(8-10-18)16-5-3-14(4-6-16)11-15-12-19(2)13-15/h14-17H,3-13H2,1-2H3. The highest BCUT2D eigenvalue weighted by Gasteiger charge is 2.32. The lowest BCUT2D eigenvalue weighted by molar-refractivity contribution is 0.0837. The SMILES string of the molecule is CN1CCC(C2CCC(CC3CN(C)C3)CC2)CC1. The van der Waals surface area contributed by atoms with Crippen molar-refractivity contribution in [3.63, 3.8) is 0 Å². The Bertz CT molecular complexity index is 269. The first kappa shape index (κ1) is 13.9. The Morgan fingerprint density at radius 1 is 0.684 bits per heavy atom. The molecule has 2 heteroatoms. The van der Waals surface area contributed by atoms with Crippen LogP contribution < -0.4 is 0 Å². The van der Waals surface area contributed by atoms with Crippen molar-refractivity contribution in [3.05, 3.63) is 0 Å². The number of piperidine rings is 1. The summed E-state index contributed by atoms with van der Waals surface area (Å²) in [5.41, 5.74) is 0. The maximum Gasteiger partial charge on any atom is 0.00191 e. The van der Waals surface area contributed by atoms with Gasteiger partial charge in [0.05, 0.1) is 0 Å². The van der Waals surface area contributed by atoms with Gasteiger partial charge in [0.1, 0.15) is 0 Å². The van der Waals surface area contributed by atoms with E-state index in [1.807, 2.05) is 0 Å². The number of rotatable bonds is 3. The molecular formula is C17H32N2. The van der Waals surface area contributed by atoms with Gasteiger partial charge >= 0.3 is 0 Å². The highest BCUT2D eigenvalue weighted by Crippen LogP contribution is 2.40. The van der Waals surface area contributed by atoms with Crippen LogP contribution >= 0.6 is 0 Å². The molecule has 0 unspecified atom stereocenters. The number of hydrogen-bond acceptors (Lipinski definition) is 2. The fraction of sp³-hybridized carbons (Fsp3) is 1.00. The zero-order valence-corrected chi connectivity index (χ0v) is 13.0. The van der Waals surface area contributed by atoms with Crippen LogP contribution in [0.1, 0.15) is 44.9 Å². The molecular weight excluding hydrogens is 232 g/mol. The van der Waals surface area contributed by atoms with E-state index in [1.165, 1.54) is 58.3 Å². The lowest BCUT2D eigenvalue weighted by Crippen LogP contribution is -2.44. The molecule has 19 heavy (non-hydrogen) atoms. The molecule has 2 nitrogen and oxygen atoms in total. The Morgan fingerprint density at radius 3 is 1.84 bits per heavy atom. The zero-order valence-electron chi connectivity index (χ0n) is 13.0. The third-order valence-corrected chi connectivity index (χ3v) is 6.13. The van der Waals surface area contributed by atoms with E-state index in [0.717, 1.165) is 23.7 Å². The number of hydrogen-bond donors (Lipinski definition) is 0. The predicted molar refractivity (Wildman–Crippen MR) is 81.3 cm³/mol. The first-order valence-corrected chi connectivity index (χ1v) is 8.58. The topological polar surface area (TPSA) is 6.48 Å². The molecule has 2 aliphatic heterocycles. The van der Waals surface area contributed by atoms with Crippen LogP contribution in [0.3, 0.4) is 0 Å². The van der Waals surface area contributed by atoms with Gasteiger partial charge < -0.3 is 9.80 Å². The fourth-order valence-electron chi connectivity index (χ4n) is 4.84. The Kier molecular flexibility index (Phi) is 4.48. The monoisotopic (exact) mass is 264 g/mol. The molecule has 3 rings (SSSR count). The normalized spacial score (nSPS) is 36.3. The third-order valence-electron chi connectivity index (χ3n) is 6.13. The minimum atomic E-state index is 1.04. The molecule has 0 amide bonds. The van der Waals surface area contributed by atoms with Crippen LogP contribution in [0.4, 0.5) is 0 Å². The van der Waals surface area contributed by atoms with Crippen molar-refractivity contribution in [2.45, 2.75) is 44.9 Å². The van der Waals surface area contributed by atoms with E-state index < -0.39 is 0 Å². The van der Waals surface area contributed by atoms with Crippen molar-refractivity contribution in [2.24, 2.45) is 23.7 Å². The summed E-state index contributed by atoms with van der Waals surface area (Å²) in [4.78, 5) is 4.98. The summed E-state index contributed by atoms with van der Waals surface area (Å²) in [7, 11) is 4.54. The molecule has 3 fully saturated rings. The number of likely N-dealkylation sites (tertiary alicyclic amines) is 2. The van der Waals surface area contributed by atoms with Gasteiger partial charge in [0.15, 0.2) is 0 Å². The average molecular weight is 264 g/mol. The van der Waals surface area contributed by atoms with E-state index in [9.17, 15) is 0 Å². The van der Waals surface area contributed by atoms with E-state index in [0.29, 0.717) is 0 Å². The van der Waals surface area contributed by atoms with Crippen molar-refractivity contribution < 1.29 is 0 Å². The molecule has 0 atom stereocenters. The largest absolute Gasteiger partial charge is 0.306 e. The van der Waals surface area contributed by atoms with E-state index in [2.05, 4.69) is 23.9 Å². The Labute approximate surface area is 119 Å². The molecule has 0 aromatic carbocycles. The maximum atomic E-state index is 2.51. The lowest BCUT2D eigenvalue weighted by atomic mass is 9.70. The second kappa shape index (κ2) is 6.13. The fourth-order valence-corrected chi connectivity index (χ4v) is 4.84. The van der Waals surface area contributed by atoms with Crippen LogP contribution in [0.15, 0.2) is 0 Å². The first-order valence-electron chi connectivity index (χ1n) is 8.58. The molecule has 0 aromatic heterocycles. The Balaban J connectivity index is 1.37. The van der Waals surface area contributed by atoms with Gasteiger partial charge in [0, 0.05) is 13.1 Å². The summed E-state index contributed by atoms with van der Waals surface area (Å²) in [5, 5.41) is 0. The molecule has 3 aliphatic rings. The Morgan fingerprint density at radius 2 is 1.26 bits per heavy atom. The zero-order chi connectivity index (χ0) is 13.2. The molecule has 0 spiro atoms. The van der Waals surface area contributed by atoms with E-state index in [4.69, 9.17) is 0 Å². The lowest BCUT2D eigenvalue weighted by Gasteiger charge is -2.41. The maximum absolute atomic E-state index is 2.51. The van der Waals surface area contributed by atoms with Crippen molar-refractivity contribution in [1.29, 1.82) is 0 Å².